The van der Waals surface area contributed by atoms with Gasteiger partial charge in [-0.3, -0.25) is 4.68 Å². The normalized spacial score (nSPS) is 15.7. The lowest BCUT2D eigenvalue weighted by Crippen LogP contribution is -2.17. The van der Waals surface area contributed by atoms with Gasteiger partial charge in [0, 0.05) is 24.6 Å². The minimum absolute atomic E-state index is 0.419. The van der Waals surface area contributed by atoms with Gasteiger partial charge in [0.25, 0.3) is 0 Å². The third kappa shape index (κ3) is 1.99. The van der Waals surface area contributed by atoms with Gasteiger partial charge in [0.2, 0.25) is 0 Å². The minimum atomic E-state index is 0.419. The van der Waals surface area contributed by atoms with Crippen molar-refractivity contribution < 1.29 is 0 Å². The van der Waals surface area contributed by atoms with Crippen LogP contribution >= 0.6 is 11.3 Å². The Kier molecular flexibility index (Phi) is 3.22. The lowest BCUT2D eigenvalue weighted by atomic mass is 10.1. The van der Waals surface area contributed by atoms with E-state index in [1.165, 1.54) is 21.8 Å². The highest BCUT2D eigenvalue weighted by atomic mass is 32.1. The number of nitrogens with one attached hydrogen (secondary N) is 1. The maximum absolute atomic E-state index is 4.85. The topological polar surface area (TPSA) is 29.9 Å². The Morgan fingerprint density at radius 3 is 2.89 bits per heavy atom. The summed E-state index contributed by atoms with van der Waals surface area (Å²) in [6.45, 7) is 6.53. The molecule has 3 rings (SSSR count). The Hall–Kier alpha value is -1.13. The summed E-state index contributed by atoms with van der Waals surface area (Å²) < 4.78 is 2.21. The van der Waals surface area contributed by atoms with Crippen LogP contribution in [0.15, 0.2) is 17.5 Å². The maximum atomic E-state index is 4.85. The molecule has 0 amide bonds. The van der Waals surface area contributed by atoms with Crippen molar-refractivity contribution in [1.29, 1.82) is 0 Å². The van der Waals surface area contributed by atoms with Crippen molar-refractivity contribution in [2.45, 2.75) is 32.7 Å². The molecule has 0 aliphatic carbocycles. The van der Waals surface area contributed by atoms with Gasteiger partial charge < -0.3 is 5.32 Å². The Labute approximate surface area is 112 Å². The van der Waals surface area contributed by atoms with Crippen LogP contribution < -0.4 is 5.32 Å². The van der Waals surface area contributed by atoms with E-state index in [0.717, 1.165) is 25.9 Å². The van der Waals surface area contributed by atoms with E-state index in [4.69, 9.17) is 5.10 Å². The van der Waals surface area contributed by atoms with Crippen LogP contribution in [0.3, 0.4) is 0 Å². The summed E-state index contributed by atoms with van der Waals surface area (Å²) >= 11 is 1.81. The Bertz CT molecular complexity index is 525. The maximum Gasteiger partial charge on any atom is 0.0820 e. The molecule has 2 aromatic rings. The summed E-state index contributed by atoms with van der Waals surface area (Å²) in [6.07, 6.45) is 2.14. The lowest BCUT2D eigenvalue weighted by Gasteiger charge is -2.11. The van der Waals surface area contributed by atoms with Gasteiger partial charge in [-0.1, -0.05) is 6.07 Å². The highest BCUT2D eigenvalue weighted by Gasteiger charge is 2.22. The van der Waals surface area contributed by atoms with E-state index in [2.05, 4.69) is 41.4 Å². The molecular formula is C14H19N3S. The number of hydrogen-bond acceptors (Lipinski definition) is 3. The average Bonchev–Trinajstić information content (AvgIpc) is 2.91. The van der Waals surface area contributed by atoms with E-state index in [9.17, 15) is 0 Å². The molecule has 1 N–H and O–H groups in total. The second kappa shape index (κ2) is 4.86. The molecule has 3 nitrogen and oxygen atoms in total. The molecule has 0 atom stereocenters. The number of rotatable bonds is 2. The molecular weight excluding hydrogens is 242 g/mol. The predicted molar refractivity (Wildman–Crippen MR) is 76.2 cm³/mol. The third-order valence-electron chi connectivity index (χ3n) is 3.43. The average molecular weight is 261 g/mol. The minimum Gasteiger partial charge on any atom is -0.316 e. The van der Waals surface area contributed by atoms with Gasteiger partial charge in [0.05, 0.1) is 16.3 Å². The highest BCUT2D eigenvalue weighted by molar-refractivity contribution is 7.13. The molecule has 0 aromatic carbocycles. The van der Waals surface area contributed by atoms with Crippen LogP contribution in [0.1, 0.15) is 31.1 Å². The van der Waals surface area contributed by atoms with Crippen molar-refractivity contribution in [2.24, 2.45) is 0 Å². The number of hydrogen-bond donors (Lipinski definition) is 1. The van der Waals surface area contributed by atoms with Gasteiger partial charge in [0.1, 0.15) is 0 Å². The Morgan fingerprint density at radius 1 is 1.33 bits per heavy atom. The number of aromatic nitrogens is 2. The Morgan fingerprint density at radius 2 is 2.17 bits per heavy atom. The molecule has 18 heavy (non-hydrogen) atoms. The molecule has 1 aliphatic rings. The first-order valence-electron chi connectivity index (χ1n) is 6.62. The van der Waals surface area contributed by atoms with Crippen molar-refractivity contribution in [1.82, 2.24) is 15.1 Å². The molecule has 0 saturated carbocycles. The van der Waals surface area contributed by atoms with Crippen molar-refractivity contribution in [3.63, 3.8) is 0 Å². The van der Waals surface area contributed by atoms with Crippen LogP contribution in [-0.4, -0.2) is 22.9 Å². The molecule has 4 heteroatoms. The van der Waals surface area contributed by atoms with Gasteiger partial charge in [-0.2, -0.15) is 5.10 Å². The summed E-state index contributed by atoms with van der Waals surface area (Å²) in [7, 11) is 0. The van der Waals surface area contributed by atoms with Crippen LogP contribution in [0.25, 0.3) is 10.6 Å². The Balaban J connectivity index is 2.17. The molecule has 2 aromatic heterocycles. The van der Waals surface area contributed by atoms with E-state index in [0.29, 0.717) is 6.04 Å². The van der Waals surface area contributed by atoms with Gasteiger partial charge in [-0.25, -0.2) is 0 Å². The first kappa shape index (κ1) is 11.9. The first-order chi connectivity index (χ1) is 8.77. The third-order valence-corrected chi connectivity index (χ3v) is 4.30. The van der Waals surface area contributed by atoms with Gasteiger partial charge >= 0.3 is 0 Å². The molecule has 0 bridgehead atoms. The quantitative estimate of drug-likeness (QED) is 0.901. The number of thiophene rings is 1. The second-order valence-electron chi connectivity index (χ2n) is 5.04. The molecule has 0 radical (unpaired) electrons. The molecule has 0 saturated heterocycles. The molecule has 1 aliphatic heterocycles. The molecule has 3 heterocycles. The van der Waals surface area contributed by atoms with Crippen LogP contribution in [-0.2, 0) is 12.8 Å². The largest absolute Gasteiger partial charge is 0.316 e. The zero-order chi connectivity index (χ0) is 12.5. The predicted octanol–water partition coefficient (Wildman–Crippen LogP) is 2.88. The summed E-state index contributed by atoms with van der Waals surface area (Å²) in [4.78, 5) is 1.35. The molecule has 96 valence electrons. The zero-order valence-electron chi connectivity index (χ0n) is 10.9. The van der Waals surface area contributed by atoms with Crippen molar-refractivity contribution in [3.8, 4) is 10.6 Å². The standard InChI is InChI=1S/C14H19N3S/c1-10(2)17-14(13-4-3-9-18-13)11-5-7-15-8-6-12(11)16-17/h3-4,9-10,15H,5-8H2,1-2H3. The van der Waals surface area contributed by atoms with Gasteiger partial charge in [0.15, 0.2) is 0 Å². The second-order valence-corrected chi connectivity index (χ2v) is 5.99. The lowest BCUT2D eigenvalue weighted by molar-refractivity contribution is 0.530. The zero-order valence-corrected chi connectivity index (χ0v) is 11.8. The monoisotopic (exact) mass is 261 g/mol. The smallest absolute Gasteiger partial charge is 0.0820 e. The number of nitrogens with zero attached hydrogens (tertiary/aromatic N) is 2. The van der Waals surface area contributed by atoms with Gasteiger partial charge in [-0.15, -0.1) is 11.3 Å². The molecule has 0 unspecified atom stereocenters. The van der Waals surface area contributed by atoms with Gasteiger partial charge in [-0.05, 0) is 38.3 Å². The fraction of sp³-hybridized carbons (Fsp3) is 0.500. The number of fused-ring (bicyclic) bond motifs is 1. The fourth-order valence-corrected chi connectivity index (χ4v) is 3.36. The van der Waals surface area contributed by atoms with E-state index in [1.807, 2.05) is 11.3 Å². The highest BCUT2D eigenvalue weighted by Crippen LogP contribution is 2.33. The molecule has 0 spiro atoms. The van der Waals surface area contributed by atoms with Crippen molar-refractivity contribution in [2.75, 3.05) is 13.1 Å². The van der Waals surface area contributed by atoms with E-state index in [1.54, 1.807) is 0 Å². The summed E-state index contributed by atoms with van der Waals surface area (Å²) in [5.74, 6) is 0. The SMILES string of the molecule is CC(C)n1nc2c(c1-c1cccs1)CCNCC2. The summed E-state index contributed by atoms with van der Waals surface area (Å²) in [6, 6.07) is 4.75. The van der Waals surface area contributed by atoms with Crippen LogP contribution in [0.4, 0.5) is 0 Å². The fourth-order valence-electron chi connectivity index (χ4n) is 2.57. The summed E-state index contributed by atoms with van der Waals surface area (Å²) in [5.41, 5.74) is 4.09. The van der Waals surface area contributed by atoms with Crippen LogP contribution in [0.2, 0.25) is 0 Å². The van der Waals surface area contributed by atoms with Crippen molar-refractivity contribution >= 4 is 11.3 Å². The van der Waals surface area contributed by atoms with Crippen molar-refractivity contribution in [3.05, 3.63) is 28.8 Å². The summed E-state index contributed by atoms with van der Waals surface area (Å²) in [5, 5.41) is 10.5. The van der Waals surface area contributed by atoms with Crippen LogP contribution in [0.5, 0.6) is 0 Å². The van der Waals surface area contributed by atoms with E-state index in [-0.39, 0.29) is 0 Å². The molecule has 0 fully saturated rings. The van der Waals surface area contributed by atoms with E-state index < -0.39 is 0 Å². The van der Waals surface area contributed by atoms with Crippen LogP contribution in [0, 0.1) is 0 Å². The first-order valence-corrected chi connectivity index (χ1v) is 7.50. The van der Waals surface area contributed by atoms with E-state index >= 15 is 0 Å².